The third-order valence-electron chi connectivity index (χ3n) is 3.62. The molecule has 7 nitrogen and oxygen atoms in total. The molecule has 0 amide bonds. The quantitative estimate of drug-likeness (QED) is 0.676. The standard InChI is InChI=1S/C17H16N4O3S/c1-24-17-20-8-14(9-21-17)15-6-13(7-19-16(15)18)12-4-2-11(3-5-12)10-25(22)23/h2-9H,10H2,1H3,(H2,18,19)(H,22,23). The molecule has 0 radical (unpaired) electrons. The van der Waals surface area contributed by atoms with Gasteiger partial charge in [0.25, 0.3) is 0 Å². The molecule has 0 saturated heterocycles. The maximum absolute atomic E-state index is 10.9. The molecule has 0 fully saturated rings. The van der Waals surface area contributed by atoms with Crippen LogP contribution in [0.3, 0.4) is 0 Å². The molecule has 0 aliphatic rings. The Hall–Kier alpha value is -2.84. The van der Waals surface area contributed by atoms with E-state index in [4.69, 9.17) is 15.0 Å². The number of nitrogen functional groups attached to an aromatic ring is 1. The number of nitrogens with zero attached hydrogens (tertiary/aromatic N) is 3. The van der Waals surface area contributed by atoms with E-state index < -0.39 is 11.1 Å². The molecule has 3 rings (SSSR count). The predicted octanol–water partition coefficient (Wildman–Crippen LogP) is 2.52. The molecular formula is C17H16N4O3S. The van der Waals surface area contributed by atoms with E-state index in [2.05, 4.69) is 15.0 Å². The topological polar surface area (TPSA) is 111 Å². The SMILES string of the molecule is COc1ncc(-c2cc(-c3ccc(CS(=O)O)cc3)cnc2N)cn1. The summed E-state index contributed by atoms with van der Waals surface area (Å²) in [6.45, 7) is 0. The minimum atomic E-state index is -1.86. The molecule has 2 heterocycles. The van der Waals surface area contributed by atoms with Crippen molar-refractivity contribution in [3.63, 3.8) is 0 Å². The molecule has 1 aromatic carbocycles. The Bertz CT molecular complexity index is 899. The number of methoxy groups -OCH3 is 1. The molecule has 3 aromatic rings. The van der Waals surface area contributed by atoms with E-state index in [0.717, 1.165) is 27.8 Å². The van der Waals surface area contributed by atoms with Gasteiger partial charge in [-0.05, 0) is 17.2 Å². The summed E-state index contributed by atoms with van der Waals surface area (Å²) < 4.78 is 24.8. The highest BCUT2D eigenvalue weighted by atomic mass is 32.2. The van der Waals surface area contributed by atoms with Crippen molar-refractivity contribution in [2.45, 2.75) is 5.75 Å². The predicted molar refractivity (Wildman–Crippen MR) is 96.1 cm³/mol. The summed E-state index contributed by atoms with van der Waals surface area (Å²) in [6, 6.07) is 9.58. The summed E-state index contributed by atoms with van der Waals surface area (Å²) in [4.78, 5) is 12.4. The normalized spacial score (nSPS) is 11.9. The van der Waals surface area contributed by atoms with Gasteiger partial charge in [0, 0.05) is 35.3 Å². The van der Waals surface area contributed by atoms with E-state index in [0.29, 0.717) is 5.82 Å². The highest BCUT2D eigenvalue weighted by Gasteiger charge is 2.09. The van der Waals surface area contributed by atoms with Gasteiger partial charge in [0.15, 0.2) is 11.1 Å². The van der Waals surface area contributed by atoms with Crippen LogP contribution in [0.5, 0.6) is 6.01 Å². The van der Waals surface area contributed by atoms with Crippen molar-refractivity contribution >= 4 is 16.9 Å². The fourth-order valence-electron chi connectivity index (χ4n) is 2.36. The van der Waals surface area contributed by atoms with Gasteiger partial charge in [-0.15, -0.1) is 0 Å². The second kappa shape index (κ2) is 7.37. The summed E-state index contributed by atoms with van der Waals surface area (Å²) in [5, 5.41) is 0. The molecule has 128 valence electrons. The van der Waals surface area contributed by atoms with Gasteiger partial charge in [-0.3, -0.25) is 0 Å². The van der Waals surface area contributed by atoms with Gasteiger partial charge in [-0.25, -0.2) is 19.2 Å². The average molecular weight is 356 g/mol. The Kier molecular flexibility index (Phi) is 5.01. The fourth-order valence-corrected chi connectivity index (χ4v) is 2.84. The molecule has 1 atom stereocenters. The van der Waals surface area contributed by atoms with Crippen LogP contribution in [0.15, 0.2) is 48.9 Å². The maximum atomic E-state index is 10.9. The van der Waals surface area contributed by atoms with Crippen LogP contribution in [0.2, 0.25) is 0 Å². The molecule has 0 aliphatic heterocycles. The van der Waals surface area contributed by atoms with E-state index in [1.807, 2.05) is 30.3 Å². The van der Waals surface area contributed by atoms with Crippen LogP contribution >= 0.6 is 0 Å². The summed E-state index contributed by atoms with van der Waals surface area (Å²) in [6.07, 6.45) is 4.94. The zero-order valence-corrected chi connectivity index (χ0v) is 14.2. The molecule has 0 saturated carbocycles. The lowest BCUT2D eigenvalue weighted by atomic mass is 10.0. The molecule has 25 heavy (non-hydrogen) atoms. The largest absolute Gasteiger partial charge is 0.467 e. The van der Waals surface area contributed by atoms with Crippen LogP contribution in [0, 0.1) is 0 Å². The molecule has 1 unspecified atom stereocenters. The van der Waals surface area contributed by atoms with Gasteiger partial charge >= 0.3 is 6.01 Å². The zero-order chi connectivity index (χ0) is 17.8. The molecular weight excluding hydrogens is 340 g/mol. The Morgan fingerprint density at radius 1 is 1.04 bits per heavy atom. The van der Waals surface area contributed by atoms with E-state index in [1.165, 1.54) is 7.11 Å². The Labute approximate surface area is 147 Å². The van der Waals surface area contributed by atoms with Crippen molar-refractivity contribution in [2.24, 2.45) is 0 Å². The Morgan fingerprint density at radius 2 is 1.68 bits per heavy atom. The number of ether oxygens (including phenoxy) is 1. The van der Waals surface area contributed by atoms with Gasteiger partial charge in [0.1, 0.15) is 5.82 Å². The second-order valence-electron chi connectivity index (χ2n) is 5.28. The van der Waals surface area contributed by atoms with E-state index in [1.54, 1.807) is 18.6 Å². The number of nitrogens with two attached hydrogens (primary N) is 1. The van der Waals surface area contributed by atoms with Crippen LogP contribution in [-0.2, 0) is 16.8 Å². The molecule has 0 spiro atoms. The number of hydrogen-bond donors (Lipinski definition) is 2. The van der Waals surface area contributed by atoms with Crippen molar-refractivity contribution in [1.82, 2.24) is 15.0 Å². The average Bonchev–Trinajstić information content (AvgIpc) is 2.62. The maximum Gasteiger partial charge on any atom is 0.316 e. The summed E-state index contributed by atoms with van der Waals surface area (Å²) in [7, 11) is 1.50. The Morgan fingerprint density at radius 3 is 2.28 bits per heavy atom. The summed E-state index contributed by atoms with van der Waals surface area (Å²) in [5.41, 5.74) is 10.0. The van der Waals surface area contributed by atoms with Crippen LogP contribution in [0.25, 0.3) is 22.3 Å². The lowest BCUT2D eigenvalue weighted by molar-refractivity contribution is 0.380. The lowest BCUT2D eigenvalue weighted by Gasteiger charge is -2.09. The third kappa shape index (κ3) is 3.98. The van der Waals surface area contributed by atoms with E-state index in [-0.39, 0.29) is 11.8 Å². The van der Waals surface area contributed by atoms with Gasteiger partial charge in [-0.2, -0.15) is 0 Å². The summed E-state index contributed by atoms with van der Waals surface area (Å²) >= 11 is -1.86. The second-order valence-corrected chi connectivity index (χ2v) is 6.21. The van der Waals surface area contributed by atoms with Crippen LogP contribution < -0.4 is 10.5 Å². The fraction of sp³-hybridized carbons (Fsp3) is 0.118. The first-order valence-electron chi connectivity index (χ1n) is 7.35. The Balaban J connectivity index is 1.94. The third-order valence-corrected chi connectivity index (χ3v) is 4.20. The van der Waals surface area contributed by atoms with Crippen LogP contribution in [0.1, 0.15) is 5.56 Å². The number of pyridine rings is 1. The number of hydrogen-bond acceptors (Lipinski definition) is 6. The molecule has 0 bridgehead atoms. The van der Waals surface area contributed by atoms with Gasteiger partial charge in [-0.1, -0.05) is 24.3 Å². The highest BCUT2D eigenvalue weighted by Crippen LogP contribution is 2.29. The molecule has 2 aromatic heterocycles. The molecule has 0 aliphatic carbocycles. The van der Waals surface area contributed by atoms with Crippen molar-refractivity contribution in [1.29, 1.82) is 0 Å². The zero-order valence-electron chi connectivity index (χ0n) is 13.4. The number of benzene rings is 1. The van der Waals surface area contributed by atoms with E-state index in [9.17, 15) is 4.21 Å². The van der Waals surface area contributed by atoms with Crippen molar-refractivity contribution in [2.75, 3.05) is 12.8 Å². The number of anilines is 1. The van der Waals surface area contributed by atoms with Gasteiger partial charge in [0.05, 0.1) is 12.9 Å². The van der Waals surface area contributed by atoms with Gasteiger partial charge in [0.2, 0.25) is 0 Å². The number of rotatable bonds is 5. The van der Waals surface area contributed by atoms with E-state index >= 15 is 0 Å². The van der Waals surface area contributed by atoms with Crippen molar-refractivity contribution in [3.05, 3.63) is 54.5 Å². The minimum absolute atomic E-state index is 0.106. The monoisotopic (exact) mass is 356 g/mol. The van der Waals surface area contributed by atoms with Crippen molar-refractivity contribution in [3.8, 4) is 28.3 Å². The lowest BCUT2D eigenvalue weighted by Crippen LogP contribution is -1.97. The number of aromatic nitrogens is 3. The first kappa shape index (κ1) is 17.0. The van der Waals surface area contributed by atoms with Crippen LogP contribution in [0.4, 0.5) is 5.82 Å². The summed E-state index contributed by atoms with van der Waals surface area (Å²) in [5.74, 6) is 0.485. The smallest absolute Gasteiger partial charge is 0.316 e. The first-order valence-corrected chi connectivity index (χ1v) is 8.63. The molecule has 3 N–H and O–H groups in total. The molecule has 8 heteroatoms. The minimum Gasteiger partial charge on any atom is -0.467 e. The van der Waals surface area contributed by atoms with Crippen LogP contribution in [-0.4, -0.2) is 30.8 Å². The highest BCUT2D eigenvalue weighted by molar-refractivity contribution is 7.78. The first-order chi connectivity index (χ1) is 12.1. The van der Waals surface area contributed by atoms with Gasteiger partial charge < -0.3 is 15.0 Å². The van der Waals surface area contributed by atoms with Crippen molar-refractivity contribution < 1.29 is 13.5 Å².